The number of aryl methyl sites for hydroxylation is 1. The van der Waals surface area contributed by atoms with Gasteiger partial charge in [-0.2, -0.15) is 0 Å². The zero-order chi connectivity index (χ0) is 13.1. The molecule has 1 aliphatic rings. The summed E-state index contributed by atoms with van der Waals surface area (Å²) in [5.74, 6) is 0.0340. The van der Waals surface area contributed by atoms with Crippen LogP contribution in [0.2, 0.25) is 0 Å². The number of rotatable bonds is 3. The van der Waals surface area contributed by atoms with Gasteiger partial charge in [-0.25, -0.2) is 0 Å². The van der Waals surface area contributed by atoms with Gasteiger partial charge in [-0.3, -0.25) is 4.79 Å². The molecule has 0 aliphatic carbocycles. The number of aliphatic hydroxyl groups is 1. The predicted molar refractivity (Wildman–Crippen MR) is 71.9 cm³/mol. The number of nitrogens with one attached hydrogen (secondary N) is 1. The van der Waals surface area contributed by atoms with E-state index in [-0.39, 0.29) is 18.6 Å². The Morgan fingerprint density at radius 3 is 2.94 bits per heavy atom. The van der Waals surface area contributed by atoms with Crippen molar-refractivity contribution in [2.45, 2.75) is 25.8 Å². The summed E-state index contributed by atoms with van der Waals surface area (Å²) < 4.78 is 0. The predicted octanol–water partition coefficient (Wildman–Crippen LogP) is 1.63. The number of benzene rings is 1. The molecule has 0 bridgehead atoms. The van der Waals surface area contributed by atoms with Crippen molar-refractivity contribution in [2.75, 3.05) is 25.5 Å². The summed E-state index contributed by atoms with van der Waals surface area (Å²) in [4.78, 5) is 14.2. The number of nitrogens with zero attached hydrogens (tertiary/aromatic N) is 1. The van der Waals surface area contributed by atoms with Crippen molar-refractivity contribution < 1.29 is 9.90 Å². The molecule has 1 heterocycles. The van der Waals surface area contributed by atoms with Crippen molar-refractivity contribution >= 4 is 11.6 Å². The Morgan fingerprint density at radius 2 is 2.33 bits per heavy atom. The first-order chi connectivity index (χ1) is 8.67. The highest BCUT2D eigenvalue weighted by atomic mass is 16.3. The second-order valence-electron chi connectivity index (χ2n) is 4.76. The maximum atomic E-state index is 12.4. The molecule has 1 atom stereocenters. The van der Waals surface area contributed by atoms with Crippen molar-refractivity contribution in [3.8, 4) is 0 Å². The number of carbonyl (C=O) groups excluding carboxylic acids is 1. The van der Waals surface area contributed by atoms with Gasteiger partial charge in [0, 0.05) is 24.8 Å². The van der Waals surface area contributed by atoms with Crippen LogP contribution in [0.25, 0.3) is 0 Å². The molecule has 4 nitrogen and oxygen atoms in total. The van der Waals surface area contributed by atoms with Crippen molar-refractivity contribution in [2.24, 2.45) is 0 Å². The van der Waals surface area contributed by atoms with Crippen LogP contribution in [0.15, 0.2) is 18.2 Å². The molecule has 2 rings (SSSR count). The number of likely N-dealkylation sites (tertiary alicyclic amines) is 1. The summed E-state index contributed by atoms with van der Waals surface area (Å²) in [6.45, 7) is 2.74. The minimum absolute atomic E-state index is 0.0131. The van der Waals surface area contributed by atoms with Crippen LogP contribution in [0.3, 0.4) is 0 Å². The topological polar surface area (TPSA) is 52.6 Å². The van der Waals surface area contributed by atoms with Gasteiger partial charge in [-0.05, 0) is 43.5 Å². The molecule has 98 valence electrons. The normalized spacial score (nSPS) is 19.1. The van der Waals surface area contributed by atoms with Gasteiger partial charge < -0.3 is 15.3 Å². The fraction of sp³-hybridized carbons (Fsp3) is 0.500. The fourth-order valence-electron chi connectivity index (χ4n) is 2.51. The lowest BCUT2D eigenvalue weighted by Crippen LogP contribution is -2.37. The van der Waals surface area contributed by atoms with Gasteiger partial charge in [0.25, 0.3) is 5.91 Å². The minimum Gasteiger partial charge on any atom is -0.394 e. The van der Waals surface area contributed by atoms with E-state index in [9.17, 15) is 9.90 Å². The molecular weight excluding hydrogens is 228 g/mol. The molecule has 18 heavy (non-hydrogen) atoms. The Kier molecular flexibility index (Phi) is 3.87. The second kappa shape index (κ2) is 5.40. The van der Waals surface area contributed by atoms with Crippen LogP contribution in [-0.2, 0) is 0 Å². The lowest BCUT2D eigenvalue weighted by atomic mass is 10.1. The zero-order valence-electron chi connectivity index (χ0n) is 10.9. The molecule has 2 N–H and O–H groups in total. The van der Waals surface area contributed by atoms with Crippen LogP contribution in [0.4, 0.5) is 5.69 Å². The minimum atomic E-state index is -0.0131. The molecule has 1 aromatic carbocycles. The van der Waals surface area contributed by atoms with Gasteiger partial charge >= 0.3 is 0 Å². The summed E-state index contributed by atoms with van der Waals surface area (Å²) in [7, 11) is 1.86. The third kappa shape index (κ3) is 2.34. The van der Waals surface area contributed by atoms with E-state index in [1.165, 1.54) is 0 Å². The second-order valence-corrected chi connectivity index (χ2v) is 4.76. The van der Waals surface area contributed by atoms with E-state index in [0.29, 0.717) is 0 Å². The Balaban J connectivity index is 2.23. The van der Waals surface area contributed by atoms with E-state index < -0.39 is 0 Å². The average Bonchev–Trinajstić information content (AvgIpc) is 2.86. The number of anilines is 1. The SMILES string of the molecule is CNc1ccc(C(=O)N2CCC[C@H]2CO)c(C)c1. The van der Waals surface area contributed by atoms with Crippen LogP contribution < -0.4 is 5.32 Å². The van der Waals surface area contributed by atoms with E-state index in [1.54, 1.807) is 4.90 Å². The molecule has 0 aromatic heterocycles. The van der Waals surface area contributed by atoms with Crippen molar-refractivity contribution in [1.82, 2.24) is 4.90 Å². The number of hydrogen-bond donors (Lipinski definition) is 2. The molecule has 1 saturated heterocycles. The Bertz CT molecular complexity index is 445. The molecule has 0 saturated carbocycles. The quantitative estimate of drug-likeness (QED) is 0.855. The lowest BCUT2D eigenvalue weighted by molar-refractivity contribution is 0.0677. The van der Waals surface area contributed by atoms with Crippen LogP contribution in [0.5, 0.6) is 0 Å². The van der Waals surface area contributed by atoms with Gasteiger partial charge in [0.1, 0.15) is 0 Å². The molecule has 1 aromatic rings. The Morgan fingerprint density at radius 1 is 1.56 bits per heavy atom. The van der Waals surface area contributed by atoms with Crippen LogP contribution in [-0.4, -0.2) is 42.2 Å². The smallest absolute Gasteiger partial charge is 0.254 e. The highest BCUT2D eigenvalue weighted by molar-refractivity contribution is 5.96. The lowest BCUT2D eigenvalue weighted by Gasteiger charge is -2.24. The summed E-state index contributed by atoms with van der Waals surface area (Å²) in [6, 6.07) is 5.72. The third-order valence-electron chi connectivity index (χ3n) is 3.59. The van der Waals surface area contributed by atoms with E-state index in [1.807, 2.05) is 32.2 Å². The summed E-state index contributed by atoms with van der Waals surface area (Å²) >= 11 is 0. The van der Waals surface area contributed by atoms with Gasteiger partial charge in [0.15, 0.2) is 0 Å². The van der Waals surface area contributed by atoms with Gasteiger partial charge in [0.2, 0.25) is 0 Å². The van der Waals surface area contributed by atoms with E-state index in [4.69, 9.17) is 0 Å². The van der Waals surface area contributed by atoms with Crippen molar-refractivity contribution in [3.05, 3.63) is 29.3 Å². The molecule has 1 aliphatic heterocycles. The maximum Gasteiger partial charge on any atom is 0.254 e. The molecule has 0 radical (unpaired) electrons. The van der Waals surface area contributed by atoms with Crippen LogP contribution in [0.1, 0.15) is 28.8 Å². The van der Waals surface area contributed by atoms with E-state index >= 15 is 0 Å². The first-order valence-corrected chi connectivity index (χ1v) is 6.37. The number of aliphatic hydroxyl groups excluding tert-OH is 1. The summed E-state index contributed by atoms with van der Waals surface area (Å²) in [5, 5.41) is 12.3. The molecule has 0 spiro atoms. The summed E-state index contributed by atoms with van der Waals surface area (Å²) in [5.41, 5.74) is 2.70. The summed E-state index contributed by atoms with van der Waals surface area (Å²) in [6.07, 6.45) is 1.88. The highest BCUT2D eigenvalue weighted by Crippen LogP contribution is 2.22. The first-order valence-electron chi connectivity index (χ1n) is 6.37. The number of carbonyl (C=O) groups is 1. The fourth-order valence-corrected chi connectivity index (χ4v) is 2.51. The van der Waals surface area contributed by atoms with Gasteiger partial charge in [0.05, 0.1) is 12.6 Å². The number of hydrogen-bond acceptors (Lipinski definition) is 3. The zero-order valence-corrected chi connectivity index (χ0v) is 10.9. The first kappa shape index (κ1) is 12.9. The van der Waals surface area contributed by atoms with Crippen LogP contribution in [0, 0.1) is 6.92 Å². The van der Waals surface area contributed by atoms with Gasteiger partial charge in [-0.15, -0.1) is 0 Å². The number of amides is 1. The maximum absolute atomic E-state index is 12.4. The Labute approximate surface area is 108 Å². The molecule has 1 fully saturated rings. The standard InChI is InChI=1S/C14H20N2O2/c1-10-8-11(15-2)5-6-13(10)14(18)16-7-3-4-12(16)9-17/h5-6,8,12,15,17H,3-4,7,9H2,1-2H3/t12-/m0/s1. The molecule has 1 amide bonds. The van der Waals surface area contributed by atoms with Crippen molar-refractivity contribution in [3.63, 3.8) is 0 Å². The monoisotopic (exact) mass is 248 g/mol. The molecule has 4 heteroatoms. The van der Waals surface area contributed by atoms with Crippen LogP contribution >= 0.6 is 0 Å². The highest BCUT2D eigenvalue weighted by Gasteiger charge is 2.29. The van der Waals surface area contributed by atoms with Crippen molar-refractivity contribution in [1.29, 1.82) is 0 Å². The Hall–Kier alpha value is -1.55. The third-order valence-corrected chi connectivity index (χ3v) is 3.59. The van der Waals surface area contributed by atoms with Gasteiger partial charge in [-0.1, -0.05) is 0 Å². The van der Waals surface area contributed by atoms with E-state index in [2.05, 4.69) is 5.32 Å². The largest absolute Gasteiger partial charge is 0.394 e. The van der Waals surface area contributed by atoms with E-state index in [0.717, 1.165) is 36.2 Å². The average molecular weight is 248 g/mol. The molecule has 0 unspecified atom stereocenters. The molecular formula is C14H20N2O2.